The molecule has 0 aromatic carbocycles. The molecule has 0 aliphatic heterocycles. The highest BCUT2D eigenvalue weighted by molar-refractivity contribution is 5.39. The van der Waals surface area contributed by atoms with Crippen molar-refractivity contribution in [2.45, 2.75) is 18.9 Å². The minimum Gasteiger partial charge on any atom is -0.475 e. The molecule has 82 valence electrons. The SMILES string of the molecule is COCCOc1cc(NC2CC2)ncn1. The van der Waals surface area contributed by atoms with Crippen LogP contribution >= 0.6 is 0 Å². The fourth-order valence-corrected chi connectivity index (χ4v) is 1.16. The van der Waals surface area contributed by atoms with Gasteiger partial charge in [0.25, 0.3) is 0 Å². The maximum absolute atomic E-state index is 5.37. The molecule has 0 unspecified atom stereocenters. The lowest BCUT2D eigenvalue weighted by Crippen LogP contribution is -2.07. The molecule has 1 fully saturated rings. The van der Waals surface area contributed by atoms with Crippen molar-refractivity contribution >= 4 is 5.82 Å². The predicted molar refractivity (Wildman–Crippen MR) is 56.0 cm³/mol. The van der Waals surface area contributed by atoms with E-state index in [-0.39, 0.29) is 0 Å². The highest BCUT2D eigenvalue weighted by Crippen LogP contribution is 2.24. The van der Waals surface area contributed by atoms with Crippen molar-refractivity contribution in [3.63, 3.8) is 0 Å². The second kappa shape index (κ2) is 4.93. The number of hydrogen-bond acceptors (Lipinski definition) is 5. The van der Waals surface area contributed by atoms with Crippen molar-refractivity contribution in [3.8, 4) is 5.88 Å². The van der Waals surface area contributed by atoms with Crippen LogP contribution in [0.1, 0.15) is 12.8 Å². The van der Waals surface area contributed by atoms with Crippen LogP contribution < -0.4 is 10.1 Å². The van der Waals surface area contributed by atoms with E-state index < -0.39 is 0 Å². The summed E-state index contributed by atoms with van der Waals surface area (Å²) in [5.74, 6) is 1.42. The fourth-order valence-electron chi connectivity index (χ4n) is 1.16. The summed E-state index contributed by atoms with van der Waals surface area (Å²) in [7, 11) is 1.64. The largest absolute Gasteiger partial charge is 0.475 e. The number of methoxy groups -OCH3 is 1. The second-order valence-corrected chi connectivity index (χ2v) is 3.50. The second-order valence-electron chi connectivity index (χ2n) is 3.50. The van der Waals surface area contributed by atoms with Crippen molar-refractivity contribution < 1.29 is 9.47 Å². The summed E-state index contributed by atoms with van der Waals surface area (Å²) in [5.41, 5.74) is 0. The summed E-state index contributed by atoms with van der Waals surface area (Å²) >= 11 is 0. The average molecular weight is 209 g/mol. The van der Waals surface area contributed by atoms with Gasteiger partial charge in [-0.15, -0.1) is 0 Å². The van der Waals surface area contributed by atoms with Crippen LogP contribution in [0, 0.1) is 0 Å². The summed E-state index contributed by atoms with van der Waals surface area (Å²) in [4.78, 5) is 8.12. The molecule has 1 heterocycles. The number of nitrogens with zero attached hydrogens (tertiary/aromatic N) is 2. The number of rotatable bonds is 6. The van der Waals surface area contributed by atoms with Gasteiger partial charge in [0, 0.05) is 19.2 Å². The van der Waals surface area contributed by atoms with Gasteiger partial charge in [-0.1, -0.05) is 0 Å². The normalized spacial score (nSPS) is 15.0. The van der Waals surface area contributed by atoms with E-state index in [4.69, 9.17) is 9.47 Å². The standard InChI is InChI=1S/C10H15N3O2/c1-14-4-5-15-10-6-9(11-7-12-10)13-8-2-3-8/h6-8H,2-5H2,1H3,(H,11,12,13). The molecule has 0 bridgehead atoms. The zero-order valence-corrected chi connectivity index (χ0v) is 8.77. The Bertz CT molecular complexity index is 315. The highest BCUT2D eigenvalue weighted by atomic mass is 16.5. The fraction of sp³-hybridized carbons (Fsp3) is 0.600. The molecule has 2 rings (SSSR count). The number of anilines is 1. The molecule has 1 aliphatic carbocycles. The third kappa shape index (κ3) is 3.36. The Morgan fingerprint density at radius 1 is 1.40 bits per heavy atom. The van der Waals surface area contributed by atoms with Crippen LogP contribution in [0.3, 0.4) is 0 Å². The minimum atomic E-state index is 0.510. The minimum absolute atomic E-state index is 0.510. The van der Waals surface area contributed by atoms with Crippen LogP contribution in [0.5, 0.6) is 5.88 Å². The van der Waals surface area contributed by atoms with Crippen molar-refractivity contribution in [1.82, 2.24) is 9.97 Å². The lowest BCUT2D eigenvalue weighted by Gasteiger charge is -2.06. The van der Waals surface area contributed by atoms with Gasteiger partial charge in [0.1, 0.15) is 18.8 Å². The first kappa shape index (κ1) is 10.2. The van der Waals surface area contributed by atoms with Crippen LogP contribution in [0.2, 0.25) is 0 Å². The van der Waals surface area contributed by atoms with E-state index in [9.17, 15) is 0 Å². The van der Waals surface area contributed by atoms with Gasteiger partial charge in [-0.05, 0) is 12.8 Å². The molecule has 0 spiro atoms. The third-order valence-corrected chi connectivity index (χ3v) is 2.11. The molecule has 15 heavy (non-hydrogen) atoms. The van der Waals surface area contributed by atoms with Gasteiger partial charge in [-0.25, -0.2) is 9.97 Å². The molecule has 5 nitrogen and oxygen atoms in total. The number of hydrogen-bond donors (Lipinski definition) is 1. The van der Waals surface area contributed by atoms with Crippen molar-refractivity contribution in [2.24, 2.45) is 0 Å². The smallest absolute Gasteiger partial charge is 0.218 e. The first-order valence-corrected chi connectivity index (χ1v) is 5.09. The van der Waals surface area contributed by atoms with E-state index in [0.29, 0.717) is 25.1 Å². The molecule has 1 aromatic rings. The topological polar surface area (TPSA) is 56.3 Å². The van der Waals surface area contributed by atoms with E-state index in [1.54, 1.807) is 7.11 Å². The van der Waals surface area contributed by atoms with Crippen LogP contribution in [0.15, 0.2) is 12.4 Å². The van der Waals surface area contributed by atoms with Crippen LogP contribution in [0.25, 0.3) is 0 Å². The van der Waals surface area contributed by atoms with E-state index >= 15 is 0 Å². The number of ether oxygens (including phenoxy) is 2. The Hall–Kier alpha value is -1.36. The number of nitrogens with one attached hydrogen (secondary N) is 1. The van der Waals surface area contributed by atoms with E-state index in [0.717, 1.165) is 5.82 Å². The lowest BCUT2D eigenvalue weighted by molar-refractivity contribution is 0.143. The molecule has 0 radical (unpaired) electrons. The summed E-state index contributed by atoms with van der Waals surface area (Å²) < 4.78 is 10.3. The molecule has 1 saturated carbocycles. The summed E-state index contributed by atoms with van der Waals surface area (Å²) in [6.07, 6.45) is 3.96. The molecular weight excluding hydrogens is 194 g/mol. The Morgan fingerprint density at radius 2 is 2.27 bits per heavy atom. The number of aromatic nitrogens is 2. The zero-order valence-electron chi connectivity index (χ0n) is 8.77. The monoisotopic (exact) mass is 209 g/mol. The third-order valence-electron chi connectivity index (χ3n) is 2.11. The van der Waals surface area contributed by atoms with Crippen LogP contribution in [-0.2, 0) is 4.74 Å². The summed E-state index contributed by atoms with van der Waals surface area (Å²) in [6.45, 7) is 1.08. The van der Waals surface area contributed by atoms with Crippen LogP contribution in [0.4, 0.5) is 5.82 Å². The first-order chi connectivity index (χ1) is 7.38. The van der Waals surface area contributed by atoms with Gasteiger partial charge >= 0.3 is 0 Å². The van der Waals surface area contributed by atoms with Gasteiger partial charge in [-0.3, -0.25) is 0 Å². The van der Waals surface area contributed by atoms with Crippen molar-refractivity contribution in [1.29, 1.82) is 0 Å². The lowest BCUT2D eigenvalue weighted by atomic mass is 10.5. The van der Waals surface area contributed by atoms with Crippen LogP contribution in [-0.4, -0.2) is 36.3 Å². The Labute approximate surface area is 88.8 Å². The van der Waals surface area contributed by atoms with E-state index in [1.165, 1.54) is 19.2 Å². The molecule has 1 N–H and O–H groups in total. The molecule has 0 atom stereocenters. The van der Waals surface area contributed by atoms with Crippen molar-refractivity contribution in [2.75, 3.05) is 25.6 Å². The zero-order chi connectivity index (χ0) is 10.5. The Kier molecular flexibility index (Phi) is 3.34. The summed E-state index contributed by atoms with van der Waals surface area (Å²) in [6, 6.07) is 2.40. The summed E-state index contributed by atoms with van der Waals surface area (Å²) in [5, 5.41) is 3.28. The van der Waals surface area contributed by atoms with Gasteiger partial charge in [0.2, 0.25) is 5.88 Å². The highest BCUT2D eigenvalue weighted by Gasteiger charge is 2.21. The molecule has 0 saturated heterocycles. The predicted octanol–water partition coefficient (Wildman–Crippen LogP) is 1.08. The molecular formula is C10H15N3O2. The first-order valence-electron chi connectivity index (χ1n) is 5.09. The van der Waals surface area contributed by atoms with Gasteiger partial charge in [-0.2, -0.15) is 0 Å². The van der Waals surface area contributed by atoms with Gasteiger partial charge in [0.05, 0.1) is 6.61 Å². The van der Waals surface area contributed by atoms with E-state index in [1.807, 2.05) is 6.07 Å². The molecule has 0 amide bonds. The maximum atomic E-state index is 5.37. The molecule has 1 aromatic heterocycles. The van der Waals surface area contributed by atoms with Gasteiger partial charge in [0.15, 0.2) is 0 Å². The average Bonchev–Trinajstić information content (AvgIpc) is 3.03. The molecule has 1 aliphatic rings. The van der Waals surface area contributed by atoms with Crippen molar-refractivity contribution in [3.05, 3.63) is 12.4 Å². The van der Waals surface area contributed by atoms with E-state index in [2.05, 4.69) is 15.3 Å². The quantitative estimate of drug-likeness (QED) is 0.710. The Morgan fingerprint density at radius 3 is 3.00 bits per heavy atom. The Balaban J connectivity index is 1.86. The molecule has 5 heteroatoms. The van der Waals surface area contributed by atoms with Gasteiger partial charge < -0.3 is 14.8 Å². The maximum Gasteiger partial charge on any atom is 0.218 e.